The number of ether oxygens (including phenoxy) is 2. The quantitative estimate of drug-likeness (QED) is 0.113. The number of thioether (sulfide) groups is 1. The highest BCUT2D eigenvalue weighted by atomic mass is 32.2. The van der Waals surface area contributed by atoms with Crippen molar-refractivity contribution in [1.82, 2.24) is 25.5 Å². The largest absolute Gasteiger partial charge is 0.508 e. The molecule has 1 aliphatic heterocycles. The molecule has 1 amide bonds. The molecule has 2 heterocycles. The van der Waals surface area contributed by atoms with E-state index < -0.39 is 12.3 Å². The first kappa shape index (κ1) is 34.8. The van der Waals surface area contributed by atoms with Crippen LogP contribution in [0.3, 0.4) is 0 Å². The van der Waals surface area contributed by atoms with Crippen LogP contribution >= 0.6 is 11.8 Å². The van der Waals surface area contributed by atoms with Crippen LogP contribution in [0.5, 0.6) is 5.75 Å². The Morgan fingerprint density at radius 2 is 1.62 bits per heavy atom. The Morgan fingerprint density at radius 1 is 0.880 bits per heavy atom. The summed E-state index contributed by atoms with van der Waals surface area (Å²) in [4.78, 5) is 22.9. The lowest BCUT2D eigenvalue weighted by atomic mass is 9.91. The number of aliphatic hydroxyl groups is 1. The lowest BCUT2D eigenvalue weighted by Crippen LogP contribution is -2.38. The van der Waals surface area contributed by atoms with Gasteiger partial charge < -0.3 is 30.1 Å². The second kappa shape index (κ2) is 16.1. The number of rotatable bonds is 13. The number of carbonyl (C=O) groups is 2. The molecule has 1 fully saturated rings. The summed E-state index contributed by atoms with van der Waals surface area (Å²) in [5, 5.41) is 43.8. The number of carboxylic acid groups (broad SMARTS) is 1. The molecule has 0 aliphatic carbocycles. The van der Waals surface area contributed by atoms with Gasteiger partial charge in [-0.1, -0.05) is 79.3 Å². The van der Waals surface area contributed by atoms with E-state index in [2.05, 4.69) is 27.8 Å². The maximum atomic E-state index is 12.1. The molecule has 6 rings (SSSR count). The van der Waals surface area contributed by atoms with Gasteiger partial charge in [0.2, 0.25) is 11.1 Å². The van der Waals surface area contributed by atoms with Crippen LogP contribution in [0, 0.1) is 5.92 Å². The topological polar surface area (TPSA) is 169 Å². The van der Waals surface area contributed by atoms with Crippen LogP contribution in [-0.2, 0) is 32.2 Å². The highest BCUT2D eigenvalue weighted by molar-refractivity contribution is 7.99. The number of nitrogens with zero attached hydrogens (tertiary/aromatic N) is 4. The monoisotopic (exact) mass is 695 g/mol. The predicted octanol–water partition coefficient (Wildman–Crippen LogP) is 5.59. The van der Waals surface area contributed by atoms with Crippen LogP contribution in [-0.4, -0.2) is 59.3 Å². The minimum absolute atomic E-state index is 0.0484. The van der Waals surface area contributed by atoms with Gasteiger partial charge in [0.05, 0.1) is 30.9 Å². The van der Waals surface area contributed by atoms with Gasteiger partial charge in [-0.2, -0.15) is 4.68 Å². The number of phenols is 1. The van der Waals surface area contributed by atoms with Gasteiger partial charge in [0, 0.05) is 30.2 Å². The average Bonchev–Trinajstić information content (AvgIpc) is 3.62. The number of nitrogens with one attached hydrogen (secondary N) is 1. The summed E-state index contributed by atoms with van der Waals surface area (Å²) in [6.45, 7) is 2.33. The number of hydrogen-bond acceptors (Lipinski definition) is 10. The maximum Gasteiger partial charge on any atom is 0.303 e. The Balaban J connectivity index is 1.22. The molecule has 1 aliphatic rings. The van der Waals surface area contributed by atoms with Crippen LogP contribution in [0.1, 0.15) is 54.4 Å². The highest BCUT2D eigenvalue weighted by Gasteiger charge is 2.38. The maximum absolute atomic E-state index is 12.1. The third-order valence-electron chi connectivity index (χ3n) is 8.51. The Morgan fingerprint density at radius 3 is 2.36 bits per heavy atom. The lowest BCUT2D eigenvalue weighted by Gasteiger charge is -2.41. The molecule has 4 atom stereocenters. The van der Waals surface area contributed by atoms with E-state index in [4.69, 9.17) is 14.6 Å². The SMILES string of the molecule is C[C@H]1[C@@H](CSc2nnnn2-c2ccc(O)cc2)O[C@@H](c2cccc(-c3cccc(CNC(=O)CCC(=O)O)c3)c2)O[C@H]1c1ccc(CO)cc1. The van der Waals surface area contributed by atoms with Crippen molar-refractivity contribution in [3.63, 3.8) is 0 Å². The number of aromatic hydroxyl groups is 1. The number of amides is 1. The zero-order valence-electron chi connectivity index (χ0n) is 27.3. The predicted molar refractivity (Wildman–Crippen MR) is 185 cm³/mol. The molecule has 258 valence electrons. The highest BCUT2D eigenvalue weighted by Crippen LogP contribution is 2.43. The summed E-state index contributed by atoms with van der Waals surface area (Å²) in [5.41, 5.74) is 6.11. The van der Waals surface area contributed by atoms with Gasteiger partial charge >= 0.3 is 5.97 Å². The molecular formula is C37H37N5O7S. The zero-order valence-corrected chi connectivity index (χ0v) is 28.1. The number of aromatic nitrogens is 4. The molecule has 0 spiro atoms. The Labute approximate surface area is 293 Å². The third-order valence-corrected chi connectivity index (χ3v) is 9.52. The van der Waals surface area contributed by atoms with Crippen molar-refractivity contribution >= 4 is 23.6 Å². The van der Waals surface area contributed by atoms with Gasteiger partial charge in [0.1, 0.15) is 5.75 Å². The van der Waals surface area contributed by atoms with Crippen LogP contribution in [0.4, 0.5) is 0 Å². The van der Waals surface area contributed by atoms with Crippen molar-refractivity contribution < 1.29 is 34.4 Å². The van der Waals surface area contributed by atoms with E-state index in [1.807, 2.05) is 72.8 Å². The molecule has 4 aromatic carbocycles. The minimum Gasteiger partial charge on any atom is -0.508 e. The number of hydrogen-bond donors (Lipinski definition) is 4. The lowest BCUT2D eigenvalue weighted by molar-refractivity contribution is -0.268. The van der Waals surface area contributed by atoms with Gasteiger partial charge in [0.15, 0.2) is 6.29 Å². The number of tetrazole rings is 1. The van der Waals surface area contributed by atoms with Gasteiger partial charge in [-0.3, -0.25) is 9.59 Å². The number of aliphatic carboxylic acids is 1. The number of phenolic OH excluding ortho intramolecular Hbond substituents is 1. The second-order valence-electron chi connectivity index (χ2n) is 12.0. The van der Waals surface area contributed by atoms with Crippen LogP contribution in [0.15, 0.2) is 102 Å². The van der Waals surface area contributed by atoms with Crippen LogP contribution < -0.4 is 5.32 Å². The summed E-state index contributed by atoms with van der Waals surface area (Å²) >= 11 is 1.47. The van der Waals surface area contributed by atoms with Gasteiger partial charge in [-0.15, -0.1) is 5.10 Å². The Bertz CT molecular complexity index is 1920. The van der Waals surface area contributed by atoms with Crippen molar-refractivity contribution in [3.05, 3.63) is 119 Å². The zero-order chi connectivity index (χ0) is 35.0. The fourth-order valence-electron chi connectivity index (χ4n) is 5.73. The number of carboxylic acids is 1. The molecular weight excluding hydrogens is 659 g/mol. The van der Waals surface area contributed by atoms with E-state index in [1.165, 1.54) is 11.8 Å². The molecule has 4 N–H and O–H groups in total. The summed E-state index contributed by atoms with van der Waals surface area (Å²) < 4.78 is 15.0. The van der Waals surface area contributed by atoms with Crippen molar-refractivity contribution in [1.29, 1.82) is 0 Å². The standard InChI is InChI=1S/C37H37N5O7S/c1-23-32(22-50-37-39-40-41-42(37)30-12-14-31(44)15-13-30)48-36(49-35(23)26-10-8-24(21-43)9-11-26)29-7-3-6-28(19-29)27-5-2-4-25(18-27)20-38-33(45)16-17-34(46)47/h2-15,18-19,23,32,35-36,43-44H,16-17,20-22H2,1H3,(H,38,45)(H,46,47)/t23-,32+,35+,36+/m0/s1. The smallest absolute Gasteiger partial charge is 0.303 e. The first-order valence-electron chi connectivity index (χ1n) is 16.2. The minimum atomic E-state index is -1.01. The van der Waals surface area contributed by atoms with Crippen LogP contribution in [0.2, 0.25) is 0 Å². The van der Waals surface area contributed by atoms with Crippen molar-refractivity contribution in [2.45, 2.75) is 56.6 Å². The summed E-state index contributed by atoms with van der Waals surface area (Å²) in [6, 6.07) is 30.2. The normalized spacial score (nSPS) is 18.8. The van der Waals surface area contributed by atoms with Crippen molar-refractivity contribution in [3.8, 4) is 22.6 Å². The molecule has 50 heavy (non-hydrogen) atoms. The molecule has 0 saturated carbocycles. The van der Waals surface area contributed by atoms with Crippen molar-refractivity contribution in [2.75, 3.05) is 5.75 Å². The molecule has 0 bridgehead atoms. The van der Waals surface area contributed by atoms with E-state index >= 15 is 0 Å². The fourth-order valence-corrected chi connectivity index (χ4v) is 6.78. The van der Waals surface area contributed by atoms with E-state index in [9.17, 15) is 19.8 Å². The molecule has 1 saturated heterocycles. The van der Waals surface area contributed by atoms with E-state index in [-0.39, 0.29) is 55.8 Å². The van der Waals surface area contributed by atoms with E-state index in [0.717, 1.165) is 39.1 Å². The Hall–Kier alpha value is -5.08. The molecule has 5 aromatic rings. The molecule has 1 aromatic heterocycles. The second-order valence-corrected chi connectivity index (χ2v) is 13.0. The van der Waals surface area contributed by atoms with Crippen LogP contribution in [0.25, 0.3) is 16.8 Å². The van der Waals surface area contributed by atoms with E-state index in [0.29, 0.717) is 10.9 Å². The molecule has 0 radical (unpaired) electrons. The van der Waals surface area contributed by atoms with Gasteiger partial charge in [-0.25, -0.2) is 0 Å². The van der Waals surface area contributed by atoms with E-state index in [1.54, 1.807) is 28.9 Å². The number of aliphatic hydroxyl groups excluding tert-OH is 1. The molecule has 12 nitrogen and oxygen atoms in total. The number of carbonyl (C=O) groups excluding carboxylic acids is 1. The molecule has 0 unspecified atom stereocenters. The average molecular weight is 696 g/mol. The van der Waals surface area contributed by atoms with Crippen molar-refractivity contribution in [2.24, 2.45) is 5.92 Å². The Kier molecular flexibility index (Phi) is 11.2. The summed E-state index contributed by atoms with van der Waals surface area (Å²) in [7, 11) is 0. The van der Waals surface area contributed by atoms with Gasteiger partial charge in [-0.05, 0) is 74.6 Å². The number of benzene rings is 4. The fraction of sp³-hybridized carbons (Fsp3) is 0.270. The first-order chi connectivity index (χ1) is 24.3. The third kappa shape index (κ3) is 8.55. The first-order valence-corrected chi connectivity index (χ1v) is 17.1. The summed E-state index contributed by atoms with van der Waals surface area (Å²) in [6.07, 6.45) is -1.54. The van der Waals surface area contributed by atoms with Gasteiger partial charge in [0.25, 0.3) is 0 Å². The summed E-state index contributed by atoms with van der Waals surface area (Å²) in [5.74, 6) is -0.691. The molecule has 13 heteroatoms.